The molecule has 0 radical (unpaired) electrons. The van der Waals surface area contributed by atoms with E-state index in [1.165, 1.54) is 6.92 Å². The van der Waals surface area contributed by atoms with Gasteiger partial charge in [0.1, 0.15) is 5.60 Å². The number of esters is 1. The zero-order valence-electron chi connectivity index (χ0n) is 13.5. The van der Waals surface area contributed by atoms with Gasteiger partial charge in [-0.1, -0.05) is 12.1 Å². The number of rotatable bonds is 4. The summed E-state index contributed by atoms with van der Waals surface area (Å²) in [7, 11) is 0. The van der Waals surface area contributed by atoms with Crippen molar-refractivity contribution in [2.24, 2.45) is 11.6 Å². The lowest BCUT2D eigenvalue weighted by molar-refractivity contribution is -0.171. The van der Waals surface area contributed by atoms with E-state index in [9.17, 15) is 9.59 Å². The number of benzene rings is 1. The zero-order valence-corrected chi connectivity index (χ0v) is 14.3. The first-order chi connectivity index (χ1) is 10.5. The van der Waals surface area contributed by atoms with Gasteiger partial charge in [-0.15, -0.1) is 0 Å². The van der Waals surface area contributed by atoms with Crippen molar-refractivity contribution in [1.29, 1.82) is 0 Å². The molecule has 0 spiro atoms. The second-order valence-electron chi connectivity index (χ2n) is 6.10. The maximum absolute atomic E-state index is 12.5. The molecule has 1 atom stereocenters. The summed E-state index contributed by atoms with van der Waals surface area (Å²) in [5.74, 6) is 3.32. The van der Waals surface area contributed by atoms with Gasteiger partial charge < -0.3 is 20.6 Å². The minimum Gasteiger partial charge on any atom is -0.459 e. The van der Waals surface area contributed by atoms with Gasteiger partial charge >= 0.3 is 11.9 Å². The summed E-state index contributed by atoms with van der Waals surface area (Å²) in [6.07, 6.45) is 0. The maximum atomic E-state index is 12.5. The summed E-state index contributed by atoms with van der Waals surface area (Å²) in [5.41, 5.74) is 3.93. The fourth-order valence-corrected chi connectivity index (χ4v) is 1.96. The molecule has 0 saturated heterocycles. The molecular formula is C15H21N3O4S. The molecule has 1 rings (SSSR count). The Hall–Kier alpha value is -2.19. The topological polar surface area (TPSA) is 117 Å². The van der Waals surface area contributed by atoms with E-state index in [1.54, 1.807) is 45.0 Å². The molecule has 5 N–H and O–H groups in total. The molecule has 0 fully saturated rings. The first-order valence-corrected chi connectivity index (χ1v) is 7.23. The van der Waals surface area contributed by atoms with Gasteiger partial charge in [-0.05, 0) is 57.6 Å². The van der Waals surface area contributed by atoms with Gasteiger partial charge in [-0.2, -0.15) is 5.90 Å². The number of anilines is 1. The quantitative estimate of drug-likeness (QED) is 0.326. The number of ether oxygens (including phenoxy) is 1. The molecule has 1 aromatic rings. The first kappa shape index (κ1) is 18.9. The molecule has 0 saturated carbocycles. The Balaban J connectivity index is 3.23. The molecule has 0 amide bonds. The van der Waals surface area contributed by atoms with Crippen molar-refractivity contribution in [2.45, 2.75) is 38.7 Å². The fourth-order valence-electron chi connectivity index (χ4n) is 1.85. The van der Waals surface area contributed by atoms with Gasteiger partial charge in [0.2, 0.25) is 0 Å². The van der Waals surface area contributed by atoms with Gasteiger partial charge in [0, 0.05) is 5.69 Å². The Labute approximate surface area is 140 Å². The molecule has 1 unspecified atom stereocenters. The monoisotopic (exact) mass is 339 g/mol. The lowest BCUT2D eigenvalue weighted by Crippen LogP contribution is -2.46. The average molecular weight is 339 g/mol. The van der Waals surface area contributed by atoms with Gasteiger partial charge in [0.05, 0.1) is 0 Å². The van der Waals surface area contributed by atoms with Crippen LogP contribution in [0.25, 0.3) is 0 Å². The van der Waals surface area contributed by atoms with Crippen LogP contribution in [0.2, 0.25) is 0 Å². The van der Waals surface area contributed by atoms with Crippen LogP contribution < -0.4 is 16.9 Å². The molecule has 126 valence electrons. The molecule has 0 aliphatic rings. The van der Waals surface area contributed by atoms with Gasteiger partial charge in [0.15, 0.2) is 10.5 Å². The van der Waals surface area contributed by atoms with E-state index in [0.29, 0.717) is 11.3 Å². The molecule has 23 heavy (non-hydrogen) atoms. The second kappa shape index (κ2) is 6.93. The number of carbonyl (C=O) groups is 2. The Kier molecular flexibility index (Phi) is 5.68. The number of hydrogen-bond acceptors (Lipinski definition) is 6. The summed E-state index contributed by atoms with van der Waals surface area (Å²) < 4.78 is 5.32. The van der Waals surface area contributed by atoms with Crippen LogP contribution in [-0.2, 0) is 24.6 Å². The molecule has 0 aromatic heterocycles. The van der Waals surface area contributed by atoms with E-state index in [-0.39, 0.29) is 5.11 Å². The predicted octanol–water partition coefficient (Wildman–Crippen LogP) is 1.36. The SMILES string of the molecule is CC(C)(C)OC(=O)C(C)(C(=O)ON)c1ccc(NC(N)=S)cc1. The highest BCUT2D eigenvalue weighted by Gasteiger charge is 2.47. The van der Waals surface area contributed by atoms with Crippen LogP contribution in [0.4, 0.5) is 5.69 Å². The van der Waals surface area contributed by atoms with E-state index >= 15 is 0 Å². The van der Waals surface area contributed by atoms with Crippen molar-refractivity contribution in [1.82, 2.24) is 0 Å². The minimum absolute atomic E-state index is 0.106. The van der Waals surface area contributed by atoms with E-state index in [4.69, 9.17) is 28.6 Å². The van der Waals surface area contributed by atoms with Crippen molar-refractivity contribution in [3.8, 4) is 0 Å². The van der Waals surface area contributed by atoms with Crippen molar-refractivity contribution in [3.63, 3.8) is 0 Å². The van der Waals surface area contributed by atoms with E-state index in [0.717, 1.165) is 0 Å². The van der Waals surface area contributed by atoms with E-state index < -0.39 is 23.0 Å². The Morgan fingerprint density at radius 1 is 1.09 bits per heavy atom. The number of nitrogens with two attached hydrogens (primary N) is 2. The highest BCUT2D eigenvalue weighted by Crippen LogP contribution is 2.30. The molecule has 8 heteroatoms. The van der Waals surface area contributed by atoms with Crippen LogP contribution in [0.15, 0.2) is 24.3 Å². The number of thiocarbonyl (C=S) groups is 1. The van der Waals surface area contributed by atoms with Crippen LogP contribution >= 0.6 is 12.2 Å². The summed E-state index contributed by atoms with van der Waals surface area (Å²) in [5, 5.41) is 2.85. The zero-order chi connectivity index (χ0) is 17.8. The number of nitrogens with one attached hydrogen (secondary N) is 1. The molecule has 0 aliphatic carbocycles. The average Bonchev–Trinajstić information content (AvgIpc) is 2.43. The molecule has 0 aliphatic heterocycles. The van der Waals surface area contributed by atoms with Crippen LogP contribution in [0.3, 0.4) is 0 Å². The van der Waals surface area contributed by atoms with Crippen LogP contribution in [0.1, 0.15) is 33.3 Å². The third-order valence-electron chi connectivity index (χ3n) is 3.05. The van der Waals surface area contributed by atoms with E-state index in [1.807, 2.05) is 0 Å². The summed E-state index contributed by atoms with van der Waals surface area (Å²) >= 11 is 4.75. The smallest absolute Gasteiger partial charge is 0.346 e. The van der Waals surface area contributed by atoms with Crippen molar-refractivity contribution in [2.75, 3.05) is 5.32 Å². The number of carbonyl (C=O) groups excluding carboxylic acids is 2. The van der Waals surface area contributed by atoms with Gasteiger partial charge in [-0.3, -0.25) is 4.79 Å². The summed E-state index contributed by atoms with van der Waals surface area (Å²) in [6.45, 7) is 6.50. The summed E-state index contributed by atoms with van der Waals surface area (Å²) in [4.78, 5) is 28.9. The lowest BCUT2D eigenvalue weighted by Gasteiger charge is -2.29. The van der Waals surface area contributed by atoms with E-state index in [2.05, 4.69) is 10.2 Å². The van der Waals surface area contributed by atoms with Gasteiger partial charge in [0.25, 0.3) is 0 Å². The van der Waals surface area contributed by atoms with Crippen molar-refractivity contribution in [3.05, 3.63) is 29.8 Å². The molecule has 0 heterocycles. The molecule has 1 aromatic carbocycles. The number of hydrogen-bond donors (Lipinski definition) is 3. The van der Waals surface area contributed by atoms with Crippen molar-refractivity contribution < 1.29 is 19.2 Å². The normalized spacial score (nSPS) is 13.6. The standard InChI is InChI=1S/C15H21N3O4S/c1-14(2,3)21-11(19)15(4,12(20)22-17)9-5-7-10(8-6-9)18-13(16)23/h5-8H,17H2,1-4H3,(H3,16,18,23). The third kappa shape index (κ3) is 4.64. The first-order valence-electron chi connectivity index (χ1n) is 6.82. The van der Waals surface area contributed by atoms with Crippen LogP contribution in [0.5, 0.6) is 0 Å². The fraction of sp³-hybridized carbons (Fsp3) is 0.400. The van der Waals surface area contributed by atoms with Crippen LogP contribution in [0, 0.1) is 0 Å². The largest absolute Gasteiger partial charge is 0.459 e. The van der Waals surface area contributed by atoms with Crippen LogP contribution in [-0.4, -0.2) is 22.7 Å². The Bertz CT molecular complexity index is 610. The van der Waals surface area contributed by atoms with Crippen molar-refractivity contribution >= 4 is 35.0 Å². The predicted molar refractivity (Wildman–Crippen MR) is 90.3 cm³/mol. The molecular weight excluding hydrogens is 318 g/mol. The third-order valence-corrected chi connectivity index (χ3v) is 3.15. The lowest BCUT2D eigenvalue weighted by atomic mass is 9.82. The maximum Gasteiger partial charge on any atom is 0.346 e. The summed E-state index contributed by atoms with van der Waals surface area (Å²) in [6, 6.07) is 6.39. The highest BCUT2D eigenvalue weighted by atomic mass is 32.1. The highest BCUT2D eigenvalue weighted by molar-refractivity contribution is 7.80. The minimum atomic E-state index is -1.69. The molecule has 0 bridgehead atoms. The Morgan fingerprint density at radius 3 is 2.00 bits per heavy atom. The van der Waals surface area contributed by atoms with Gasteiger partial charge in [-0.25, -0.2) is 4.79 Å². The Morgan fingerprint density at radius 2 is 1.61 bits per heavy atom. The molecule has 7 nitrogen and oxygen atoms in total. The second-order valence-corrected chi connectivity index (χ2v) is 6.54.